The van der Waals surface area contributed by atoms with Crippen LogP contribution in [0.25, 0.3) is 11.5 Å². The smallest absolute Gasteiger partial charge is 0.234 e. The second kappa shape index (κ2) is 8.97. The molecule has 2 aliphatic rings. The number of nitrogens with one attached hydrogen (secondary N) is 1. The zero-order valence-electron chi connectivity index (χ0n) is 18.4. The third-order valence-electron chi connectivity index (χ3n) is 5.95. The maximum Gasteiger partial charge on any atom is 0.234 e. The Bertz CT molecular complexity index is 1230. The summed E-state index contributed by atoms with van der Waals surface area (Å²) in [5.41, 5.74) is 0.658. The van der Waals surface area contributed by atoms with E-state index in [1.165, 1.54) is 18.6 Å². The zero-order chi connectivity index (χ0) is 22.8. The minimum Gasteiger partial charge on any atom is -0.497 e. The van der Waals surface area contributed by atoms with Crippen LogP contribution in [0.15, 0.2) is 56.8 Å². The number of oxazole rings is 1. The molecule has 2 aromatic carbocycles. The van der Waals surface area contributed by atoms with Crippen molar-refractivity contribution < 1.29 is 27.0 Å². The van der Waals surface area contributed by atoms with Gasteiger partial charge in [0.2, 0.25) is 26.6 Å². The summed E-state index contributed by atoms with van der Waals surface area (Å²) >= 11 is 0. The lowest BCUT2D eigenvalue weighted by atomic mass is 9.96. The number of benzene rings is 2. The Labute approximate surface area is 192 Å². The van der Waals surface area contributed by atoms with Crippen LogP contribution in [0.5, 0.6) is 17.2 Å². The number of methoxy groups -OCH3 is 1. The zero-order valence-corrected chi connectivity index (χ0v) is 19.2. The summed E-state index contributed by atoms with van der Waals surface area (Å²) in [7, 11) is -2.39. The number of anilines is 1. The first-order chi connectivity index (χ1) is 16.0. The van der Waals surface area contributed by atoms with Crippen molar-refractivity contribution in [3.63, 3.8) is 0 Å². The lowest BCUT2D eigenvalue weighted by molar-refractivity contribution is 0.171. The first-order valence-electron chi connectivity index (χ1n) is 11.1. The number of rotatable bonds is 6. The lowest BCUT2D eigenvalue weighted by Gasteiger charge is -2.22. The van der Waals surface area contributed by atoms with Gasteiger partial charge in [0, 0.05) is 17.7 Å². The van der Waals surface area contributed by atoms with Crippen molar-refractivity contribution in [2.75, 3.05) is 25.6 Å². The van der Waals surface area contributed by atoms with Gasteiger partial charge in [-0.2, -0.15) is 4.98 Å². The van der Waals surface area contributed by atoms with E-state index in [4.69, 9.17) is 18.6 Å². The van der Waals surface area contributed by atoms with Crippen molar-refractivity contribution in [3.8, 4) is 28.7 Å². The summed E-state index contributed by atoms with van der Waals surface area (Å²) in [5, 5.41) is 3.18. The number of fused-ring (bicyclic) bond motifs is 1. The summed E-state index contributed by atoms with van der Waals surface area (Å²) in [6.07, 6.45) is 5.31. The predicted octanol–water partition coefficient (Wildman–Crippen LogP) is 4.70. The van der Waals surface area contributed by atoms with Crippen LogP contribution in [0.4, 0.5) is 5.88 Å². The normalized spacial score (nSPS) is 16.4. The van der Waals surface area contributed by atoms with Crippen LogP contribution in [0.1, 0.15) is 32.1 Å². The first-order valence-corrected chi connectivity index (χ1v) is 12.6. The van der Waals surface area contributed by atoms with Crippen LogP contribution in [-0.4, -0.2) is 39.8 Å². The molecular weight excluding hydrogens is 444 g/mol. The van der Waals surface area contributed by atoms with Gasteiger partial charge in [-0.1, -0.05) is 19.3 Å². The van der Waals surface area contributed by atoms with E-state index >= 15 is 0 Å². The standard InChI is InChI=1S/C24H26N2O6S/c1-29-18-9-7-16(8-10-18)22-26-24(23(32-22)25-17-5-3-2-4-6-17)33(27,28)19-11-12-20-21(15-19)31-14-13-30-20/h7-12,15,17,25H,2-6,13-14H2,1H3. The number of hydrogen-bond acceptors (Lipinski definition) is 8. The van der Waals surface area contributed by atoms with Gasteiger partial charge in [-0.15, -0.1) is 0 Å². The average Bonchev–Trinajstić information content (AvgIpc) is 3.29. The Balaban J connectivity index is 1.55. The van der Waals surface area contributed by atoms with Crippen LogP contribution in [0, 0.1) is 0 Å². The minimum atomic E-state index is -3.98. The molecule has 0 spiro atoms. The molecule has 1 aromatic heterocycles. The third kappa shape index (κ3) is 4.37. The molecule has 0 radical (unpaired) electrons. The van der Waals surface area contributed by atoms with E-state index in [9.17, 15) is 8.42 Å². The molecule has 2 heterocycles. The van der Waals surface area contributed by atoms with Gasteiger partial charge >= 0.3 is 0 Å². The van der Waals surface area contributed by atoms with Crippen LogP contribution < -0.4 is 19.5 Å². The summed E-state index contributed by atoms with van der Waals surface area (Å²) in [6, 6.07) is 11.9. The Kier molecular flexibility index (Phi) is 5.88. The molecule has 1 fully saturated rings. The molecular formula is C24H26N2O6S. The van der Waals surface area contributed by atoms with E-state index in [0.717, 1.165) is 25.7 Å². The molecule has 0 atom stereocenters. The number of sulfone groups is 1. The van der Waals surface area contributed by atoms with E-state index in [2.05, 4.69) is 10.3 Å². The highest BCUT2D eigenvalue weighted by atomic mass is 32.2. The second-order valence-corrected chi connectivity index (χ2v) is 10.0. The summed E-state index contributed by atoms with van der Waals surface area (Å²) in [6.45, 7) is 0.805. The maximum absolute atomic E-state index is 13.6. The van der Waals surface area contributed by atoms with Crippen molar-refractivity contribution in [3.05, 3.63) is 42.5 Å². The molecule has 0 bridgehead atoms. The largest absolute Gasteiger partial charge is 0.497 e. The van der Waals surface area contributed by atoms with Crippen molar-refractivity contribution in [1.82, 2.24) is 4.98 Å². The number of hydrogen-bond donors (Lipinski definition) is 1. The summed E-state index contributed by atoms with van der Waals surface area (Å²) in [5.74, 6) is 2.02. The van der Waals surface area contributed by atoms with Gasteiger partial charge in [-0.05, 0) is 49.2 Å². The average molecular weight is 471 g/mol. The van der Waals surface area contributed by atoms with Crippen LogP contribution >= 0.6 is 0 Å². The highest BCUT2D eigenvalue weighted by molar-refractivity contribution is 7.91. The number of nitrogens with zero attached hydrogens (tertiary/aromatic N) is 1. The van der Waals surface area contributed by atoms with E-state index < -0.39 is 9.84 Å². The molecule has 8 nitrogen and oxygen atoms in total. The predicted molar refractivity (Wildman–Crippen MR) is 122 cm³/mol. The molecule has 33 heavy (non-hydrogen) atoms. The molecule has 1 aliphatic carbocycles. The highest BCUT2D eigenvalue weighted by Crippen LogP contribution is 2.38. The van der Waals surface area contributed by atoms with Crippen LogP contribution in [0.2, 0.25) is 0 Å². The van der Waals surface area contributed by atoms with E-state index in [0.29, 0.717) is 36.0 Å². The van der Waals surface area contributed by atoms with Gasteiger partial charge in [0.05, 0.1) is 12.0 Å². The molecule has 1 saturated carbocycles. The van der Waals surface area contributed by atoms with E-state index in [1.54, 1.807) is 37.4 Å². The molecule has 3 aromatic rings. The fraction of sp³-hybridized carbons (Fsp3) is 0.375. The fourth-order valence-corrected chi connectivity index (χ4v) is 5.45. The van der Waals surface area contributed by atoms with E-state index in [1.807, 2.05) is 0 Å². The van der Waals surface area contributed by atoms with Gasteiger partial charge in [0.1, 0.15) is 19.0 Å². The summed E-state index contributed by atoms with van der Waals surface area (Å²) < 4.78 is 49.6. The Morgan fingerprint density at radius 2 is 1.70 bits per heavy atom. The quantitative estimate of drug-likeness (QED) is 0.553. The topological polar surface area (TPSA) is 99.9 Å². The molecule has 1 N–H and O–H groups in total. The lowest BCUT2D eigenvalue weighted by Crippen LogP contribution is -2.23. The molecule has 174 valence electrons. The SMILES string of the molecule is COc1ccc(-c2nc(S(=O)(=O)c3ccc4c(c3)OCCO4)c(NC3CCCCC3)o2)cc1. The molecule has 9 heteroatoms. The Morgan fingerprint density at radius 1 is 0.970 bits per heavy atom. The summed E-state index contributed by atoms with van der Waals surface area (Å²) in [4.78, 5) is 4.51. The Hall–Kier alpha value is -3.20. The van der Waals surface area contributed by atoms with Gasteiger partial charge < -0.3 is 23.9 Å². The molecule has 5 rings (SSSR count). The first kappa shape index (κ1) is 21.6. The monoisotopic (exact) mass is 470 g/mol. The molecule has 1 aliphatic heterocycles. The van der Waals surface area contributed by atoms with Crippen LogP contribution in [-0.2, 0) is 9.84 Å². The second-order valence-electron chi connectivity index (χ2n) is 8.17. The molecule has 0 unspecified atom stereocenters. The maximum atomic E-state index is 13.6. The van der Waals surface area contributed by atoms with Gasteiger partial charge in [-0.25, -0.2) is 8.42 Å². The number of aromatic nitrogens is 1. The van der Waals surface area contributed by atoms with Crippen molar-refractivity contribution in [1.29, 1.82) is 0 Å². The Morgan fingerprint density at radius 3 is 2.42 bits per heavy atom. The number of ether oxygens (including phenoxy) is 3. The third-order valence-corrected chi connectivity index (χ3v) is 7.61. The molecule has 0 saturated heterocycles. The molecule has 0 amide bonds. The van der Waals surface area contributed by atoms with Crippen molar-refractivity contribution in [2.24, 2.45) is 0 Å². The van der Waals surface area contributed by atoms with Gasteiger partial charge in [-0.3, -0.25) is 0 Å². The van der Waals surface area contributed by atoms with Gasteiger partial charge in [0.15, 0.2) is 11.5 Å². The fourth-order valence-electron chi connectivity index (χ4n) is 4.17. The van der Waals surface area contributed by atoms with E-state index in [-0.39, 0.29) is 27.7 Å². The van der Waals surface area contributed by atoms with Crippen molar-refractivity contribution in [2.45, 2.75) is 48.1 Å². The van der Waals surface area contributed by atoms with Gasteiger partial charge in [0.25, 0.3) is 0 Å². The highest BCUT2D eigenvalue weighted by Gasteiger charge is 2.31. The van der Waals surface area contributed by atoms with Crippen LogP contribution in [0.3, 0.4) is 0 Å². The minimum absolute atomic E-state index is 0.0769. The van der Waals surface area contributed by atoms with Crippen molar-refractivity contribution >= 4 is 15.7 Å².